The van der Waals surface area contributed by atoms with Crippen LogP contribution in [0.25, 0.3) is 0 Å². The zero-order valence-corrected chi connectivity index (χ0v) is 8.52. The van der Waals surface area contributed by atoms with Gasteiger partial charge in [0.05, 0.1) is 0 Å². The molecule has 0 heterocycles. The number of hydrogen-bond acceptors (Lipinski definition) is 2. The number of rotatable bonds is 3. The molecule has 0 aliphatic rings. The Kier molecular flexibility index (Phi) is 4.04. The minimum Gasteiger partial charge on any atom is -0.269 e. The lowest BCUT2D eigenvalue weighted by molar-refractivity contribution is 0.145. The van der Waals surface area contributed by atoms with Crippen LogP contribution in [0.15, 0.2) is 0 Å². The van der Waals surface area contributed by atoms with E-state index < -0.39 is 0 Å². The van der Waals surface area contributed by atoms with Crippen LogP contribution in [0, 0.1) is 5.41 Å². The highest BCUT2D eigenvalue weighted by atomic mass is 15.4. The topological polar surface area (TPSA) is 29.3 Å². The number of nitrogens with zero attached hydrogens (tertiary/aromatic N) is 1. The van der Waals surface area contributed by atoms with Crippen LogP contribution in [0.5, 0.6) is 0 Å². The molecule has 68 valence electrons. The molecule has 11 heavy (non-hydrogen) atoms. The maximum absolute atomic E-state index is 5.85. The first kappa shape index (κ1) is 10.9. The predicted octanol–water partition coefficient (Wildman–Crippen LogP) is 2.01. The molecule has 0 aromatic heterocycles. The average molecular weight is 158 g/mol. The van der Waals surface area contributed by atoms with Gasteiger partial charge in [-0.05, 0) is 18.8 Å². The SMILES string of the molecule is CCC(C)N(N)CC(C)(C)C. The third-order valence-corrected chi connectivity index (χ3v) is 1.81. The predicted molar refractivity (Wildman–Crippen MR) is 50.1 cm³/mol. The number of hydrogen-bond donors (Lipinski definition) is 1. The monoisotopic (exact) mass is 158 g/mol. The molecule has 0 spiro atoms. The molecule has 1 atom stereocenters. The van der Waals surface area contributed by atoms with Crippen LogP contribution < -0.4 is 5.84 Å². The summed E-state index contributed by atoms with van der Waals surface area (Å²) in [4.78, 5) is 0. The highest BCUT2D eigenvalue weighted by Crippen LogP contribution is 2.15. The van der Waals surface area contributed by atoms with Gasteiger partial charge in [0.15, 0.2) is 0 Å². The summed E-state index contributed by atoms with van der Waals surface area (Å²) in [6.45, 7) is 11.9. The van der Waals surface area contributed by atoms with Gasteiger partial charge in [-0.15, -0.1) is 0 Å². The largest absolute Gasteiger partial charge is 0.269 e. The second-order valence-electron chi connectivity index (χ2n) is 4.49. The minimum absolute atomic E-state index is 0.304. The molecule has 0 rings (SSSR count). The Morgan fingerprint density at radius 3 is 2.09 bits per heavy atom. The first-order valence-electron chi connectivity index (χ1n) is 4.38. The first-order valence-corrected chi connectivity index (χ1v) is 4.38. The second-order valence-corrected chi connectivity index (χ2v) is 4.49. The van der Waals surface area contributed by atoms with Crippen molar-refractivity contribution in [2.24, 2.45) is 11.3 Å². The molecule has 0 saturated carbocycles. The lowest BCUT2D eigenvalue weighted by Gasteiger charge is -2.30. The van der Waals surface area contributed by atoms with Crippen molar-refractivity contribution in [2.75, 3.05) is 6.54 Å². The maximum Gasteiger partial charge on any atom is 0.0210 e. The molecule has 2 N–H and O–H groups in total. The quantitative estimate of drug-likeness (QED) is 0.503. The molecule has 1 unspecified atom stereocenters. The lowest BCUT2D eigenvalue weighted by Crippen LogP contribution is -2.43. The molecule has 2 heteroatoms. The van der Waals surface area contributed by atoms with Gasteiger partial charge >= 0.3 is 0 Å². The van der Waals surface area contributed by atoms with Gasteiger partial charge in [-0.25, -0.2) is 5.01 Å². The van der Waals surface area contributed by atoms with Crippen molar-refractivity contribution < 1.29 is 0 Å². The summed E-state index contributed by atoms with van der Waals surface area (Å²) in [5.41, 5.74) is 0.304. The Labute approximate surface area is 70.7 Å². The zero-order valence-electron chi connectivity index (χ0n) is 8.52. The van der Waals surface area contributed by atoms with Crippen LogP contribution in [-0.2, 0) is 0 Å². The molecule has 0 aliphatic heterocycles. The van der Waals surface area contributed by atoms with Crippen molar-refractivity contribution in [1.29, 1.82) is 0 Å². The summed E-state index contributed by atoms with van der Waals surface area (Å²) in [6.07, 6.45) is 1.12. The van der Waals surface area contributed by atoms with Crippen molar-refractivity contribution >= 4 is 0 Å². The standard InChI is InChI=1S/C9H22N2/c1-6-8(2)11(10)7-9(3,4)5/h8H,6-7,10H2,1-5H3. The van der Waals surface area contributed by atoms with Crippen molar-refractivity contribution in [3.05, 3.63) is 0 Å². The summed E-state index contributed by atoms with van der Waals surface area (Å²) in [5.74, 6) is 5.85. The van der Waals surface area contributed by atoms with E-state index >= 15 is 0 Å². The van der Waals surface area contributed by atoms with Gasteiger partial charge in [0.25, 0.3) is 0 Å². The molecular weight excluding hydrogens is 136 g/mol. The van der Waals surface area contributed by atoms with Crippen LogP contribution in [0.3, 0.4) is 0 Å². The Morgan fingerprint density at radius 1 is 1.36 bits per heavy atom. The van der Waals surface area contributed by atoms with E-state index in [2.05, 4.69) is 34.6 Å². The third-order valence-electron chi connectivity index (χ3n) is 1.81. The molecule has 0 radical (unpaired) electrons. The Hall–Kier alpha value is -0.0800. The summed E-state index contributed by atoms with van der Waals surface area (Å²) < 4.78 is 0. The van der Waals surface area contributed by atoms with E-state index in [1.807, 2.05) is 5.01 Å². The molecule has 0 amide bonds. The van der Waals surface area contributed by atoms with Gasteiger partial charge in [0, 0.05) is 12.6 Å². The fraction of sp³-hybridized carbons (Fsp3) is 1.00. The van der Waals surface area contributed by atoms with Crippen molar-refractivity contribution in [2.45, 2.75) is 47.1 Å². The van der Waals surface area contributed by atoms with Crippen molar-refractivity contribution in [3.63, 3.8) is 0 Å². The molecule has 0 aliphatic carbocycles. The molecule has 0 bridgehead atoms. The molecular formula is C9H22N2. The van der Waals surface area contributed by atoms with Gasteiger partial charge in [-0.1, -0.05) is 27.7 Å². The van der Waals surface area contributed by atoms with E-state index in [4.69, 9.17) is 5.84 Å². The fourth-order valence-electron chi connectivity index (χ4n) is 0.938. The summed E-state index contributed by atoms with van der Waals surface area (Å²) in [6, 6.07) is 0.495. The van der Waals surface area contributed by atoms with Crippen LogP contribution in [0.2, 0.25) is 0 Å². The van der Waals surface area contributed by atoms with Crippen LogP contribution in [-0.4, -0.2) is 17.6 Å². The van der Waals surface area contributed by atoms with E-state index in [1.54, 1.807) is 0 Å². The molecule has 0 aromatic carbocycles. The van der Waals surface area contributed by atoms with E-state index in [-0.39, 0.29) is 0 Å². The highest BCUT2D eigenvalue weighted by molar-refractivity contribution is 4.68. The molecule has 0 aromatic rings. The normalized spacial score (nSPS) is 15.5. The Morgan fingerprint density at radius 2 is 1.82 bits per heavy atom. The second kappa shape index (κ2) is 4.07. The van der Waals surface area contributed by atoms with Crippen molar-refractivity contribution in [3.8, 4) is 0 Å². The van der Waals surface area contributed by atoms with Gasteiger partial charge in [0.1, 0.15) is 0 Å². The first-order chi connectivity index (χ1) is 4.87. The minimum atomic E-state index is 0.304. The zero-order chi connectivity index (χ0) is 9.07. The Bertz CT molecular complexity index is 105. The van der Waals surface area contributed by atoms with Gasteiger partial charge in [-0.3, -0.25) is 5.84 Å². The van der Waals surface area contributed by atoms with E-state index in [9.17, 15) is 0 Å². The fourth-order valence-corrected chi connectivity index (χ4v) is 0.938. The van der Waals surface area contributed by atoms with Crippen LogP contribution >= 0.6 is 0 Å². The molecule has 0 fully saturated rings. The van der Waals surface area contributed by atoms with Crippen molar-refractivity contribution in [1.82, 2.24) is 5.01 Å². The molecule has 2 nitrogen and oxygen atoms in total. The smallest absolute Gasteiger partial charge is 0.0210 e. The van der Waals surface area contributed by atoms with E-state index in [0.29, 0.717) is 11.5 Å². The molecule has 0 saturated heterocycles. The Balaban J connectivity index is 3.77. The summed E-state index contributed by atoms with van der Waals surface area (Å²) in [5, 5.41) is 1.93. The maximum atomic E-state index is 5.85. The van der Waals surface area contributed by atoms with Gasteiger partial charge < -0.3 is 0 Å². The number of nitrogens with two attached hydrogens (primary N) is 1. The third kappa shape index (κ3) is 5.22. The van der Waals surface area contributed by atoms with Crippen LogP contribution in [0.4, 0.5) is 0 Å². The van der Waals surface area contributed by atoms with Gasteiger partial charge in [-0.2, -0.15) is 0 Å². The van der Waals surface area contributed by atoms with E-state index in [0.717, 1.165) is 13.0 Å². The summed E-state index contributed by atoms with van der Waals surface area (Å²) in [7, 11) is 0. The lowest BCUT2D eigenvalue weighted by atomic mass is 9.96. The highest BCUT2D eigenvalue weighted by Gasteiger charge is 2.16. The summed E-state index contributed by atoms with van der Waals surface area (Å²) >= 11 is 0. The van der Waals surface area contributed by atoms with Gasteiger partial charge in [0.2, 0.25) is 0 Å². The van der Waals surface area contributed by atoms with E-state index in [1.165, 1.54) is 0 Å². The average Bonchev–Trinajstić information content (AvgIpc) is 1.82. The van der Waals surface area contributed by atoms with Crippen LogP contribution in [0.1, 0.15) is 41.0 Å². The number of hydrazine groups is 1.